The molecule has 1 nitrogen and oxygen atoms in total. The fraction of sp³-hybridized carbons (Fsp3) is 0.455. The molecule has 1 aromatic carbocycles. The first-order valence-corrected chi connectivity index (χ1v) is 6.79. The molecule has 1 heterocycles. The van der Waals surface area contributed by atoms with Crippen LogP contribution in [0.4, 0.5) is 4.39 Å². The third kappa shape index (κ3) is 2.43. The van der Waals surface area contributed by atoms with Crippen molar-refractivity contribution in [3.8, 4) is 0 Å². The molecule has 1 saturated heterocycles. The van der Waals surface area contributed by atoms with Crippen molar-refractivity contribution in [2.45, 2.75) is 25.0 Å². The van der Waals surface area contributed by atoms with Crippen LogP contribution in [0.15, 0.2) is 22.7 Å². The largest absolute Gasteiger partial charge is 0.369 e. The molecule has 0 bridgehead atoms. The van der Waals surface area contributed by atoms with Crippen molar-refractivity contribution < 1.29 is 9.13 Å². The van der Waals surface area contributed by atoms with Gasteiger partial charge in [0.15, 0.2) is 0 Å². The van der Waals surface area contributed by atoms with Crippen molar-refractivity contribution in [1.82, 2.24) is 0 Å². The third-order valence-corrected chi connectivity index (χ3v) is 3.94. The number of hydrogen-bond donors (Lipinski definition) is 0. The van der Waals surface area contributed by atoms with E-state index in [9.17, 15) is 4.39 Å². The molecule has 1 aliphatic rings. The van der Waals surface area contributed by atoms with Gasteiger partial charge in [0.1, 0.15) is 5.82 Å². The highest BCUT2D eigenvalue weighted by atomic mass is 79.9. The summed E-state index contributed by atoms with van der Waals surface area (Å²) in [4.78, 5) is 0. The van der Waals surface area contributed by atoms with Crippen molar-refractivity contribution >= 4 is 31.9 Å². The lowest BCUT2D eigenvalue weighted by Crippen LogP contribution is -2.08. The van der Waals surface area contributed by atoms with Crippen LogP contribution in [-0.2, 0) is 4.74 Å². The average molecular weight is 338 g/mol. The molecule has 1 aliphatic heterocycles. The SMILES string of the molecule is Fc1c(Br)cccc1C1CCC(CBr)O1. The zero-order valence-corrected chi connectivity index (χ0v) is 11.2. The van der Waals surface area contributed by atoms with Crippen LogP contribution in [0, 0.1) is 5.82 Å². The van der Waals surface area contributed by atoms with E-state index in [4.69, 9.17) is 4.74 Å². The van der Waals surface area contributed by atoms with Crippen molar-refractivity contribution in [3.05, 3.63) is 34.1 Å². The van der Waals surface area contributed by atoms with Gasteiger partial charge in [-0.2, -0.15) is 0 Å². The first kappa shape index (κ1) is 11.6. The molecule has 0 radical (unpaired) electrons. The Morgan fingerprint density at radius 2 is 2.20 bits per heavy atom. The summed E-state index contributed by atoms with van der Waals surface area (Å²) in [7, 11) is 0. The van der Waals surface area contributed by atoms with Crippen LogP contribution in [0.2, 0.25) is 0 Å². The van der Waals surface area contributed by atoms with Gasteiger partial charge in [-0.1, -0.05) is 28.1 Å². The van der Waals surface area contributed by atoms with Gasteiger partial charge in [0.05, 0.1) is 16.7 Å². The van der Waals surface area contributed by atoms with Crippen LogP contribution in [0.25, 0.3) is 0 Å². The van der Waals surface area contributed by atoms with Crippen LogP contribution in [-0.4, -0.2) is 11.4 Å². The lowest BCUT2D eigenvalue weighted by atomic mass is 10.1. The number of rotatable bonds is 2. The van der Waals surface area contributed by atoms with E-state index in [0.717, 1.165) is 18.2 Å². The van der Waals surface area contributed by atoms with Gasteiger partial charge in [-0.05, 0) is 34.8 Å². The molecule has 2 rings (SSSR count). The van der Waals surface area contributed by atoms with Crippen molar-refractivity contribution in [3.63, 3.8) is 0 Å². The van der Waals surface area contributed by atoms with Gasteiger partial charge in [0.25, 0.3) is 0 Å². The Balaban J connectivity index is 2.20. The number of halogens is 3. The number of hydrogen-bond acceptors (Lipinski definition) is 1. The number of benzene rings is 1. The third-order valence-electron chi connectivity index (χ3n) is 2.61. The molecule has 0 aliphatic carbocycles. The van der Waals surface area contributed by atoms with Crippen LogP contribution in [0.5, 0.6) is 0 Å². The minimum atomic E-state index is -0.197. The molecule has 2 atom stereocenters. The topological polar surface area (TPSA) is 9.23 Å². The second-order valence-electron chi connectivity index (χ2n) is 3.62. The summed E-state index contributed by atoms with van der Waals surface area (Å²) in [6.45, 7) is 0. The highest BCUT2D eigenvalue weighted by molar-refractivity contribution is 9.10. The summed E-state index contributed by atoms with van der Waals surface area (Å²) in [6.07, 6.45) is 2.00. The van der Waals surface area contributed by atoms with E-state index in [2.05, 4.69) is 31.9 Å². The second kappa shape index (κ2) is 4.93. The molecular formula is C11H11Br2FO. The van der Waals surface area contributed by atoms with Gasteiger partial charge >= 0.3 is 0 Å². The molecule has 1 aromatic rings. The minimum absolute atomic E-state index is 0.0925. The average Bonchev–Trinajstić information content (AvgIpc) is 2.70. The van der Waals surface area contributed by atoms with Gasteiger partial charge < -0.3 is 4.74 Å². The minimum Gasteiger partial charge on any atom is -0.369 e. The zero-order valence-electron chi connectivity index (χ0n) is 8.05. The zero-order chi connectivity index (χ0) is 10.8. The monoisotopic (exact) mass is 336 g/mol. The first-order valence-electron chi connectivity index (χ1n) is 4.87. The molecule has 0 N–H and O–H groups in total. The number of alkyl halides is 1. The van der Waals surface area contributed by atoms with Crippen molar-refractivity contribution in [2.75, 3.05) is 5.33 Å². The Bertz CT molecular complexity index is 356. The van der Waals surface area contributed by atoms with Crippen molar-refractivity contribution in [2.24, 2.45) is 0 Å². The normalized spacial score (nSPS) is 25.8. The number of ether oxygens (including phenoxy) is 1. The molecule has 0 spiro atoms. The Labute approximate surface area is 105 Å². The molecular weight excluding hydrogens is 327 g/mol. The summed E-state index contributed by atoms with van der Waals surface area (Å²) in [6, 6.07) is 5.34. The van der Waals surface area contributed by atoms with Gasteiger partial charge in [-0.3, -0.25) is 0 Å². The quantitative estimate of drug-likeness (QED) is 0.735. The van der Waals surface area contributed by atoms with E-state index >= 15 is 0 Å². The van der Waals surface area contributed by atoms with E-state index in [0.29, 0.717) is 10.0 Å². The maximum Gasteiger partial charge on any atom is 0.143 e. The fourth-order valence-electron chi connectivity index (χ4n) is 1.82. The summed E-state index contributed by atoms with van der Waals surface area (Å²) in [5, 5.41) is 0.819. The molecule has 82 valence electrons. The Kier molecular flexibility index (Phi) is 3.80. The Morgan fingerprint density at radius 1 is 1.40 bits per heavy atom. The smallest absolute Gasteiger partial charge is 0.143 e. The summed E-state index contributed by atoms with van der Waals surface area (Å²) >= 11 is 6.57. The summed E-state index contributed by atoms with van der Waals surface area (Å²) in [5.74, 6) is -0.197. The van der Waals surface area contributed by atoms with Crippen molar-refractivity contribution in [1.29, 1.82) is 0 Å². The predicted molar refractivity (Wildman–Crippen MR) is 64.7 cm³/mol. The van der Waals surface area contributed by atoms with Gasteiger partial charge in [0, 0.05) is 10.9 Å². The van der Waals surface area contributed by atoms with Crippen LogP contribution < -0.4 is 0 Å². The van der Waals surface area contributed by atoms with Gasteiger partial charge in [0.2, 0.25) is 0 Å². The predicted octanol–water partition coefficient (Wildman–Crippen LogP) is 4.20. The summed E-state index contributed by atoms with van der Waals surface area (Å²) in [5.41, 5.74) is 0.660. The molecule has 2 unspecified atom stereocenters. The lowest BCUT2D eigenvalue weighted by Gasteiger charge is -2.13. The molecule has 15 heavy (non-hydrogen) atoms. The lowest BCUT2D eigenvalue weighted by molar-refractivity contribution is 0.0566. The first-order chi connectivity index (χ1) is 7.22. The molecule has 0 saturated carbocycles. The van der Waals surface area contributed by atoms with E-state index < -0.39 is 0 Å². The van der Waals surface area contributed by atoms with E-state index in [-0.39, 0.29) is 18.0 Å². The summed E-state index contributed by atoms with van der Waals surface area (Å²) < 4.78 is 20.0. The second-order valence-corrected chi connectivity index (χ2v) is 5.12. The Hall–Kier alpha value is 0.0700. The van der Waals surface area contributed by atoms with Gasteiger partial charge in [-0.25, -0.2) is 4.39 Å². The van der Waals surface area contributed by atoms with Crippen LogP contribution >= 0.6 is 31.9 Å². The van der Waals surface area contributed by atoms with E-state index in [1.807, 2.05) is 6.07 Å². The maximum atomic E-state index is 13.7. The fourth-order valence-corrected chi connectivity index (χ4v) is 2.68. The highest BCUT2D eigenvalue weighted by Gasteiger charge is 2.27. The Morgan fingerprint density at radius 3 is 2.87 bits per heavy atom. The van der Waals surface area contributed by atoms with Crippen LogP contribution in [0.1, 0.15) is 24.5 Å². The molecule has 0 aromatic heterocycles. The highest BCUT2D eigenvalue weighted by Crippen LogP contribution is 2.36. The van der Waals surface area contributed by atoms with E-state index in [1.54, 1.807) is 12.1 Å². The van der Waals surface area contributed by atoms with E-state index in [1.165, 1.54) is 0 Å². The molecule has 0 amide bonds. The molecule has 4 heteroatoms. The molecule has 1 fully saturated rings. The van der Waals surface area contributed by atoms with Gasteiger partial charge in [-0.15, -0.1) is 0 Å². The van der Waals surface area contributed by atoms with Crippen LogP contribution in [0.3, 0.4) is 0 Å². The maximum absolute atomic E-state index is 13.7. The standard InChI is InChI=1S/C11H11Br2FO/c12-6-7-4-5-10(15-7)8-2-1-3-9(13)11(8)14/h1-3,7,10H,4-6H2.